The maximum absolute atomic E-state index is 6.00. The molecule has 2 aromatic carbocycles. The highest BCUT2D eigenvalue weighted by Gasteiger charge is 2.08. The third kappa shape index (κ3) is 5.33. The zero-order chi connectivity index (χ0) is 19.8. The Hall–Kier alpha value is -3.35. The lowest BCUT2D eigenvalue weighted by Crippen LogP contribution is -2.41. The summed E-state index contributed by atoms with van der Waals surface area (Å²) < 4.78 is 6.00. The Bertz CT molecular complexity index is 907. The molecular formula is C21H26N6O. The lowest BCUT2D eigenvalue weighted by Gasteiger charge is -2.19. The number of H-pyrrole nitrogens is 1. The highest BCUT2D eigenvalue weighted by atomic mass is 16.5. The molecule has 1 heterocycles. The van der Waals surface area contributed by atoms with Crippen molar-refractivity contribution in [1.29, 1.82) is 0 Å². The van der Waals surface area contributed by atoms with Gasteiger partial charge in [-0.3, -0.25) is 10.1 Å². The molecule has 0 aliphatic rings. The van der Waals surface area contributed by atoms with Gasteiger partial charge in [0, 0.05) is 19.2 Å². The van der Waals surface area contributed by atoms with Crippen molar-refractivity contribution in [2.45, 2.75) is 26.5 Å². The number of nitrogens with zero attached hydrogens (tertiary/aromatic N) is 3. The van der Waals surface area contributed by atoms with E-state index in [9.17, 15) is 0 Å². The fourth-order valence-electron chi connectivity index (χ4n) is 2.77. The highest BCUT2D eigenvalue weighted by Crippen LogP contribution is 2.17. The fraction of sp³-hybridized carbons (Fsp3) is 0.286. The van der Waals surface area contributed by atoms with E-state index < -0.39 is 0 Å². The molecule has 3 aromatic rings. The van der Waals surface area contributed by atoms with Crippen molar-refractivity contribution in [3.63, 3.8) is 0 Å². The minimum Gasteiger partial charge on any atom is -0.489 e. The summed E-state index contributed by atoms with van der Waals surface area (Å²) in [5.41, 5.74) is 3.25. The molecule has 0 bridgehead atoms. The van der Waals surface area contributed by atoms with Crippen molar-refractivity contribution in [2.24, 2.45) is 4.99 Å². The molecule has 7 nitrogen and oxygen atoms in total. The molecule has 0 saturated carbocycles. The Balaban J connectivity index is 1.50. The molecular weight excluding hydrogens is 352 g/mol. The van der Waals surface area contributed by atoms with Gasteiger partial charge in [-0.25, -0.2) is 4.98 Å². The first-order chi connectivity index (χ1) is 13.7. The van der Waals surface area contributed by atoms with E-state index in [1.165, 1.54) is 6.33 Å². The van der Waals surface area contributed by atoms with E-state index in [-0.39, 0.29) is 6.10 Å². The van der Waals surface area contributed by atoms with E-state index in [1.54, 1.807) is 7.05 Å². The van der Waals surface area contributed by atoms with Crippen LogP contribution in [-0.2, 0) is 6.54 Å². The lowest BCUT2D eigenvalue weighted by atomic mass is 10.1. The molecule has 1 aromatic heterocycles. The van der Waals surface area contributed by atoms with Crippen LogP contribution in [0.15, 0.2) is 59.9 Å². The molecule has 1 atom stereocenters. The van der Waals surface area contributed by atoms with E-state index in [2.05, 4.69) is 42.9 Å². The summed E-state index contributed by atoms with van der Waals surface area (Å²) in [6.45, 7) is 5.37. The van der Waals surface area contributed by atoms with Crippen molar-refractivity contribution >= 4 is 5.96 Å². The number of hydrogen-bond acceptors (Lipinski definition) is 4. The zero-order valence-corrected chi connectivity index (χ0v) is 16.4. The van der Waals surface area contributed by atoms with E-state index in [4.69, 9.17) is 4.74 Å². The van der Waals surface area contributed by atoms with Crippen molar-refractivity contribution < 1.29 is 4.74 Å². The van der Waals surface area contributed by atoms with Crippen LogP contribution in [-0.4, -0.2) is 40.8 Å². The Morgan fingerprint density at radius 1 is 1.18 bits per heavy atom. The topological polar surface area (TPSA) is 87.2 Å². The molecule has 0 radical (unpaired) electrons. The average Bonchev–Trinajstić information content (AvgIpc) is 3.25. The second kappa shape index (κ2) is 9.55. The van der Waals surface area contributed by atoms with Crippen LogP contribution in [0, 0.1) is 6.92 Å². The maximum atomic E-state index is 6.00. The minimum atomic E-state index is 0.00873. The van der Waals surface area contributed by atoms with E-state index in [1.807, 2.05) is 50.2 Å². The smallest absolute Gasteiger partial charge is 0.191 e. The summed E-state index contributed by atoms with van der Waals surface area (Å²) in [6, 6.07) is 16.2. The van der Waals surface area contributed by atoms with Crippen LogP contribution in [0.5, 0.6) is 5.75 Å². The predicted octanol–water partition coefficient (Wildman–Crippen LogP) is 2.91. The number of aromatic nitrogens is 3. The van der Waals surface area contributed by atoms with Crippen LogP contribution in [0.3, 0.4) is 0 Å². The molecule has 28 heavy (non-hydrogen) atoms. The molecule has 0 amide bonds. The number of aromatic amines is 1. The van der Waals surface area contributed by atoms with E-state index in [0.717, 1.165) is 34.2 Å². The van der Waals surface area contributed by atoms with Crippen LogP contribution >= 0.6 is 0 Å². The second-order valence-corrected chi connectivity index (χ2v) is 6.54. The molecule has 0 aliphatic heterocycles. The Labute approximate surface area is 165 Å². The minimum absolute atomic E-state index is 0.00873. The summed E-state index contributed by atoms with van der Waals surface area (Å²) in [5.74, 6) is 2.39. The van der Waals surface area contributed by atoms with Gasteiger partial charge >= 0.3 is 0 Å². The van der Waals surface area contributed by atoms with E-state index in [0.29, 0.717) is 13.1 Å². The molecule has 0 saturated heterocycles. The first kappa shape index (κ1) is 19.4. The molecule has 0 fully saturated rings. The first-order valence-electron chi connectivity index (χ1n) is 9.27. The monoisotopic (exact) mass is 378 g/mol. The molecule has 7 heteroatoms. The Kier molecular flexibility index (Phi) is 6.62. The van der Waals surface area contributed by atoms with E-state index >= 15 is 0 Å². The number of rotatable bonds is 7. The number of hydrogen-bond donors (Lipinski definition) is 3. The molecule has 0 aliphatic carbocycles. The number of aryl methyl sites for hydroxylation is 1. The summed E-state index contributed by atoms with van der Waals surface area (Å²) >= 11 is 0. The number of benzene rings is 2. The number of ether oxygens (including phenoxy) is 1. The van der Waals surface area contributed by atoms with Gasteiger partial charge in [0.05, 0.1) is 6.54 Å². The van der Waals surface area contributed by atoms with Crippen LogP contribution in [0.25, 0.3) is 11.4 Å². The average molecular weight is 378 g/mol. The number of nitrogens with one attached hydrogen (secondary N) is 3. The largest absolute Gasteiger partial charge is 0.489 e. The van der Waals surface area contributed by atoms with Crippen LogP contribution in [0.4, 0.5) is 0 Å². The zero-order valence-electron chi connectivity index (χ0n) is 16.4. The summed E-state index contributed by atoms with van der Waals surface area (Å²) in [7, 11) is 1.76. The summed E-state index contributed by atoms with van der Waals surface area (Å²) in [6.07, 6.45) is 1.51. The van der Waals surface area contributed by atoms with Crippen molar-refractivity contribution in [3.8, 4) is 17.1 Å². The lowest BCUT2D eigenvalue weighted by molar-refractivity contribution is 0.222. The molecule has 146 valence electrons. The van der Waals surface area contributed by atoms with Gasteiger partial charge in [0.15, 0.2) is 11.8 Å². The highest BCUT2D eigenvalue weighted by molar-refractivity contribution is 5.79. The van der Waals surface area contributed by atoms with Gasteiger partial charge in [0.1, 0.15) is 18.2 Å². The number of para-hydroxylation sites is 1. The Morgan fingerprint density at radius 2 is 2.04 bits per heavy atom. The van der Waals surface area contributed by atoms with Crippen LogP contribution in [0.2, 0.25) is 0 Å². The predicted molar refractivity (Wildman–Crippen MR) is 111 cm³/mol. The van der Waals surface area contributed by atoms with Gasteiger partial charge in [0.25, 0.3) is 0 Å². The third-order valence-electron chi connectivity index (χ3n) is 4.28. The normalized spacial score (nSPS) is 12.5. The van der Waals surface area contributed by atoms with Crippen LogP contribution < -0.4 is 15.4 Å². The molecule has 0 spiro atoms. The summed E-state index contributed by atoms with van der Waals surface area (Å²) in [4.78, 5) is 8.47. The third-order valence-corrected chi connectivity index (χ3v) is 4.28. The number of aliphatic imine (C=N–C) groups is 1. The van der Waals surface area contributed by atoms with Gasteiger partial charge < -0.3 is 15.4 Å². The Morgan fingerprint density at radius 3 is 2.79 bits per heavy atom. The van der Waals surface area contributed by atoms with Gasteiger partial charge in [-0.15, -0.1) is 0 Å². The number of guanidine groups is 1. The van der Waals surface area contributed by atoms with Gasteiger partial charge in [-0.05, 0) is 37.1 Å². The van der Waals surface area contributed by atoms with Gasteiger partial charge in [-0.1, -0.05) is 36.4 Å². The summed E-state index contributed by atoms with van der Waals surface area (Å²) in [5, 5.41) is 13.4. The molecule has 1 unspecified atom stereocenters. The fourth-order valence-corrected chi connectivity index (χ4v) is 2.77. The van der Waals surface area contributed by atoms with Crippen molar-refractivity contribution in [3.05, 3.63) is 66.0 Å². The molecule has 3 rings (SSSR count). The first-order valence-corrected chi connectivity index (χ1v) is 9.27. The van der Waals surface area contributed by atoms with Gasteiger partial charge in [0.2, 0.25) is 0 Å². The SMILES string of the molecule is CN=C(NCc1cccc(-c2ncn[nH]2)c1)NCC(C)Oc1ccccc1C. The quantitative estimate of drug-likeness (QED) is 0.435. The van der Waals surface area contributed by atoms with Crippen molar-refractivity contribution in [2.75, 3.05) is 13.6 Å². The van der Waals surface area contributed by atoms with Crippen LogP contribution in [0.1, 0.15) is 18.1 Å². The standard InChI is InChI=1S/C21H26N6O/c1-15-7-4-5-10-19(15)28-16(2)12-23-21(22-3)24-13-17-8-6-9-18(11-17)20-25-14-26-27-20/h4-11,14,16H,12-13H2,1-3H3,(H2,22,23,24)(H,25,26,27). The molecule has 3 N–H and O–H groups in total. The van der Waals surface area contributed by atoms with Crippen molar-refractivity contribution in [1.82, 2.24) is 25.8 Å². The van der Waals surface area contributed by atoms with Gasteiger partial charge in [-0.2, -0.15) is 5.10 Å². The second-order valence-electron chi connectivity index (χ2n) is 6.54. The maximum Gasteiger partial charge on any atom is 0.191 e.